The maximum atomic E-state index is 15.3. The van der Waals surface area contributed by atoms with Crippen molar-refractivity contribution in [1.82, 2.24) is 14.5 Å². The van der Waals surface area contributed by atoms with E-state index in [1.54, 1.807) is 4.90 Å². The van der Waals surface area contributed by atoms with Crippen molar-refractivity contribution in [1.29, 1.82) is 0 Å². The molecule has 46 heavy (non-hydrogen) atoms. The van der Waals surface area contributed by atoms with E-state index in [0.717, 1.165) is 28.5 Å². The Morgan fingerprint density at radius 1 is 1.09 bits per heavy atom. The lowest BCUT2D eigenvalue weighted by atomic mass is 9.67. The number of hydrogen-bond donors (Lipinski definition) is 0. The number of nitrogens with zero attached hydrogens (tertiary/aromatic N) is 4. The van der Waals surface area contributed by atoms with Crippen molar-refractivity contribution in [3.8, 4) is 11.1 Å². The van der Waals surface area contributed by atoms with Gasteiger partial charge in [0.15, 0.2) is 0 Å². The Labute approximate surface area is 269 Å². The first-order valence-corrected chi connectivity index (χ1v) is 15.7. The molecule has 0 bridgehead atoms. The fraction of sp³-hybridized carbons (Fsp3) is 0.452. The summed E-state index contributed by atoms with van der Waals surface area (Å²) in [5, 5.41) is -0.581. The topological polar surface area (TPSA) is 58.4 Å². The molecule has 248 valence electrons. The summed E-state index contributed by atoms with van der Waals surface area (Å²) in [4.78, 5) is 30.7. The maximum absolute atomic E-state index is 15.3. The van der Waals surface area contributed by atoms with E-state index in [1.165, 1.54) is 6.08 Å². The number of rotatable bonds is 3. The molecule has 1 spiro atoms. The van der Waals surface area contributed by atoms with Gasteiger partial charge in [-0.1, -0.05) is 18.2 Å². The molecule has 1 saturated heterocycles. The second kappa shape index (κ2) is 12.2. The maximum Gasteiger partial charge on any atom is 0.417 e. The summed E-state index contributed by atoms with van der Waals surface area (Å²) in [7, 11) is 1.92. The zero-order valence-electron chi connectivity index (χ0n) is 25.0. The van der Waals surface area contributed by atoms with Crippen molar-refractivity contribution in [3.05, 3.63) is 63.6 Å². The van der Waals surface area contributed by atoms with Crippen LogP contribution in [0.25, 0.3) is 22.0 Å². The normalized spacial score (nSPS) is 22.1. The summed E-state index contributed by atoms with van der Waals surface area (Å²) in [6.07, 6.45) is -4.29. The third kappa shape index (κ3) is 6.15. The van der Waals surface area contributed by atoms with Crippen LogP contribution in [0.1, 0.15) is 32.3 Å². The Morgan fingerprint density at radius 3 is 2.33 bits per heavy atom. The smallest absolute Gasteiger partial charge is 0.350 e. The van der Waals surface area contributed by atoms with Gasteiger partial charge in [-0.2, -0.15) is 18.2 Å². The second-order valence-electron chi connectivity index (χ2n) is 12.2. The van der Waals surface area contributed by atoms with Crippen LogP contribution in [-0.2, 0) is 17.5 Å². The molecule has 0 radical (unpaired) electrons. The van der Waals surface area contributed by atoms with Gasteiger partial charge in [0.05, 0.1) is 16.1 Å². The van der Waals surface area contributed by atoms with Gasteiger partial charge in [-0.25, -0.2) is 22.4 Å². The van der Waals surface area contributed by atoms with E-state index in [1.807, 2.05) is 20.9 Å². The number of anilines is 1. The lowest BCUT2D eigenvalue weighted by Crippen LogP contribution is -2.55. The number of piperazine rings is 1. The van der Waals surface area contributed by atoms with Gasteiger partial charge in [0.1, 0.15) is 23.7 Å². The standard InChI is InChI=1S/C28H26ClF7N4OS.C3H4O/c1-13-8-39(14(2)7-38(13)3)24-16-4-17(28(34,35)36)21(15-5-18(29)20(31)6-19(15)30)23-22(16)40(25(41)37-24)11-26(12-42-23)9-27(32,33)10-26;1-2-3-4/h4-6,13-14H,7-12H2,1-3H3;2-3H,1H2/t13-,14?;/m1./s1. The van der Waals surface area contributed by atoms with Crippen molar-refractivity contribution in [2.24, 2.45) is 5.41 Å². The first kappa shape index (κ1) is 34.2. The number of aldehydes is 1. The third-order valence-corrected chi connectivity index (χ3v) is 10.5. The Balaban J connectivity index is 0.000000985. The highest BCUT2D eigenvalue weighted by Gasteiger charge is 2.57. The number of thioether (sulfide) groups is 1. The van der Waals surface area contributed by atoms with Crippen molar-refractivity contribution < 1.29 is 35.5 Å². The van der Waals surface area contributed by atoms with E-state index >= 15 is 4.39 Å². The van der Waals surface area contributed by atoms with Crippen molar-refractivity contribution in [2.75, 3.05) is 30.8 Å². The molecule has 2 aromatic carbocycles. The van der Waals surface area contributed by atoms with Crippen LogP contribution < -0.4 is 10.6 Å². The average molecular weight is 691 g/mol. The van der Waals surface area contributed by atoms with E-state index in [4.69, 9.17) is 16.4 Å². The SMILES string of the molecule is C=CC=O.CC1CN(C)[C@H](C)CN1c1nc(=O)n2c3c(c(-c4cc(Cl)c(F)cc4F)c(C(F)(F)F)cc13)SCC1(C2)CC(F)(F)C1. The van der Waals surface area contributed by atoms with Gasteiger partial charge in [0, 0.05) is 83.2 Å². The van der Waals surface area contributed by atoms with Gasteiger partial charge in [-0.05, 0) is 39.1 Å². The average Bonchev–Trinajstić information content (AvgIpc) is 3.12. The minimum absolute atomic E-state index is 0.00790. The van der Waals surface area contributed by atoms with Crippen LogP contribution in [0, 0.1) is 17.0 Å². The largest absolute Gasteiger partial charge is 0.417 e. The predicted octanol–water partition coefficient (Wildman–Crippen LogP) is 7.44. The number of aromatic nitrogens is 2. The molecule has 3 heterocycles. The predicted molar refractivity (Wildman–Crippen MR) is 164 cm³/mol. The summed E-state index contributed by atoms with van der Waals surface area (Å²) in [5.74, 6) is -5.40. The summed E-state index contributed by atoms with van der Waals surface area (Å²) in [6, 6.07) is 1.79. The number of alkyl halides is 5. The second-order valence-corrected chi connectivity index (χ2v) is 13.6. The van der Waals surface area contributed by atoms with Gasteiger partial charge in [-0.15, -0.1) is 11.8 Å². The van der Waals surface area contributed by atoms with Crippen LogP contribution in [0.5, 0.6) is 0 Å². The molecule has 0 N–H and O–H groups in total. The summed E-state index contributed by atoms with van der Waals surface area (Å²) >= 11 is 6.78. The summed E-state index contributed by atoms with van der Waals surface area (Å²) in [6.45, 7) is 7.66. The number of likely N-dealkylation sites (N-methyl/N-ethyl adjacent to an activating group) is 1. The van der Waals surface area contributed by atoms with Gasteiger partial charge >= 0.3 is 11.9 Å². The molecule has 0 amide bonds. The number of allylic oxidation sites excluding steroid dienone is 1. The molecular weight excluding hydrogens is 661 g/mol. The molecule has 1 saturated carbocycles. The molecule has 3 aliphatic rings. The first-order valence-electron chi connectivity index (χ1n) is 14.3. The molecule has 1 aliphatic carbocycles. The Kier molecular flexibility index (Phi) is 9.06. The fourth-order valence-corrected chi connectivity index (χ4v) is 8.20. The van der Waals surface area contributed by atoms with Crippen LogP contribution in [-0.4, -0.2) is 64.6 Å². The minimum Gasteiger partial charge on any atom is -0.350 e. The molecule has 3 aromatic rings. The van der Waals surface area contributed by atoms with Crippen LogP contribution in [0.3, 0.4) is 0 Å². The summed E-state index contributed by atoms with van der Waals surface area (Å²) < 4.78 is 103. The molecule has 2 fully saturated rings. The highest BCUT2D eigenvalue weighted by molar-refractivity contribution is 7.99. The van der Waals surface area contributed by atoms with Crippen molar-refractivity contribution in [2.45, 2.75) is 62.3 Å². The van der Waals surface area contributed by atoms with Gasteiger partial charge < -0.3 is 4.90 Å². The highest BCUT2D eigenvalue weighted by Crippen LogP contribution is 2.58. The zero-order chi connectivity index (χ0) is 33.9. The lowest BCUT2D eigenvalue weighted by molar-refractivity contribution is -0.156. The minimum atomic E-state index is -5.01. The number of benzene rings is 2. The number of hydrogen-bond acceptors (Lipinski definition) is 6. The Hall–Kier alpha value is -3.10. The first-order chi connectivity index (χ1) is 21.4. The molecule has 2 atom stereocenters. The highest BCUT2D eigenvalue weighted by atomic mass is 35.5. The lowest BCUT2D eigenvalue weighted by Gasteiger charge is -2.46. The molecular formula is C31H30ClF7N4O2S. The molecule has 1 unspecified atom stereocenters. The third-order valence-electron chi connectivity index (χ3n) is 8.73. The number of halogens is 8. The molecule has 15 heteroatoms. The van der Waals surface area contributed by atoms with Gasteiger partial charge in [0.25, 0.3) is 0 Å². The van der Waals surface area contributed by atoms with Gasteiger partial charge in [-0.3, -0.25) is 14.3 Å². The monoisotopic (exact) mass is 690 g/mol. The van der Waals surface area contributed by atoms with Crippen molar-refractivity contribution in [3.63, 3.8) is 0 Å². The van der Waals surface area contributed by atoms with E-state index in [9.17, 15) is 31.1 Å². The Bertz CT molecular complexity index is 1770. The molecule has 6 rings (SSSR count). The number of carbonyl (C=O) groups excluding carboxylic acids is 1. The van der Waals surface area contributed by atoms with Crippen LogP contribution in [0.2, 0.25) is 5.02 Å². The van der Waals surface area contributed by atoms with Crippen LogP contribution in [0.4, 0.5) is 36.6 Å². The van der Waals surface area contributed by atoms with Crippen molar-refractivity contribution >= 4 is 46.4 Å². The van der Waals surface area contributed by atoms with E-state index < -0.39 is 69.4 Å². The van der Waals surface area contributed by atoms with Gasteiger partial charge in [0.2, 0.25) is 5.92 Å². The molecule has 2 aliphatic heterocycles. The molecule has 6 nitrogen and oxygen atoms in total. The molecule has 1 aromatic heterocycles. The van der Waals surface area contributed by atoms with E-state index in [2.05, 4.69) is 16.5 Å². The quantitative estimate of drug-likeness (QED) is 0.123. The van der Waals surface area contributed by atoms with E-state index in [0.29, 0.717) is 25.4 Å². The Morgan fingerprint density at radius 2 is 1.74 bits per heavy atom. The van der Waals surface area contributed by atoms with E-state index in [-0.39, 0.29) is 46.0 Å². The van der Waals surface area contributed by atoms with Crippen LogP contribution >= 0.6 is 23.4 Å². The fourth-order valence-electron chi connectivity index (χ4n) is 6.56. The van der Waals surface area contributed by atoms with Crippen LogP contribution in [0.15, 0.2) is 40.5 Å². The summed E-state index contributed by atoms with van der Waals surface area (Å²) in [5.41, 5.74) is -4.27. The zero-order valence-corrected chi connectivity index (χ0v) is 26.6. The number of carbonyl (C=O) groups is 1.